The van der Waals surface area contributed by atoms with Gasteiger partial charge in [-0.05, 0) is 12.5 Å². The molecule has 1 unspecified atom stereocenters. The molecule has 0 aliphatic rings. The largest absolute Gasteiger partial charge is 0.465 e. The van der Waals surface area contributed by atoms with Crippen molar-refractivity contribution in [1.82, 2.24) is 0 Å². The van der Waals surface area contributed by atoms with Crippen LogP contribution in [0.3, 0.4) is 0 Å². The van der Waals surface area contributed by atoms with Crippen LogP contribution in [0.1, 0.15) is 25.3 Å². The van der Waals surface area contributed by atoms with E-state index < -0.39 is 30.6 Å². The topological polar surface area (TPSA) is 52.6 Å². The first-order chi connectivity index (χ1) is 10.3. The highest BCUT2D eigenvalue weighted by molar-refractivity contribution is 5.77. The molecule has 22 heavy (non-hydrogen) atoms. The molecule has 0 aromatic heterocycles. The summed E-state index contributed by atoms with van der Waals surface area (Å²) in [5, 5.41) is 0. The molecule has 1 aromatic carbocycles. The number of rotatable bonds is 7. The molecular weight excluding hydrogens is 301 g/mol. The summed E-state index contributed by atoms with van der Waals surface area (Å²) in [6, 6.07) is 9.33. The van der Waals surface area contributed by atoms with E-state index in [1.54, 1.807) is 0 Å². The molecule has 122 valence electrons. The minimum Gasteiger partial charge on any atom is -0.465 e. The second-order valence-electron chi connectivity index (χ2n) is 4.63. The van der Waals surface area contributed by atoms with E-state index in [0.29, 0.717) is 6.42 Å². The van der Waals surface area contributed by atoms with Crippen molar-refractivity contribution in [2.75, 3.05) is 6.61 Å². The van der Waals surface area contributed by atoms with Crippen molar-refractivity contribution < 1.29 is 32.2 Å². The number of benzene rings is 1. The van der Waals surface area contributed by atoms with Gasteiger partial charge in [0.25, 0.3) is 0 Å². The predicted octanol–water partition coefficient (Wildman–Crippen LogP) is 3.05. The third kappa shape index (κ3) is 7.10. The summed E-state index contributed by atoms with van der Waals surface area (Å²) in [5.41, 5.74) is 0.994. The van der Waals surface area contributed by atoms with Crippen LogP contribution in [0.25, 0.3) is 0 Å². The van der Waals surface area contributed by atoms with Crippen LogP contribution in [0.5, 0.6) is 0 Å². The van der Waals surface area contributed by atoms with Crippen LogP contribution in [0.4, 0.5) is 13.2 Å². The average molecular weight is 318 g/mol. The molecule has 0 N–H and O–H groups in total. The molecule has 0 fully saturated rings. The van der Waals surface area contributed by atoms with Gasteiger partial charge < -0.3 is 9.47 Å². The van der Waals surface area contributed by atoms with Gasteiger partial charge in [-0.2, -0.15) is 13.2 Å². The molecule has 0 spiro atoms. The zero-order valence-electron chi connectivity index (χ0n) is 12.1. The maximum Gasteiger partial charge on any atom is 0.425 e. The Morgan fingerprint density at radius 2 is 1.68 bits per heavy atom. The van der Waals surface area contributed by atoms with Crippen LogP contribution in [-0.4, -0.2) is 30.8 Å². The van der Waals surface area contributed by atoms with Crippen LogP contribution < -0.4 is 0 Å². The van der Waals surface area contributed by atoms with Gasteiger partial charge in [0.2, 0.25) is 0 Å². The van der Waals surface area contributed by atoms with Gasteiger partial charge in [-0.25, -0.2) is 0 Å². The van der Waals surface area contributed by atoms with Crippen molar-refractivity contribution in [3.05, 3.63) is 35.9 Å². The highest BCUT2D eigenvalue weighted by atomic mass is 19.4. The van der Waals surface area contributed by atoms with Gasteiger partial charge in [0.15, 0.2) is 6.10 Å². The normalized spacial score (nSPS) is 12.5. The van der Waals surface area contributed by atoms with Crippen LogP contribution in [-0.2, 0) is 25.5 Å². The number of alkyl halides is 3. The van der Waals surface area contributed by atoms with Gasteiger partial charge in [-0.1, -0.05) is 30.3 Å². The molecule has 1 atom stereocenters. The molecule has 0 aliphatic heterocycles. The van der Waals surface area contributed by atoms with Gasteiger partial charge in [0, 0.05) is 6.42 Å². The van der Waals surface area contributed by atoms with E-state index in [-0.39, 0.29) is 13.0 Å². The Morgan fingerprint density at radius 3 is 2.27 bits per heavy atom. The fourth-order valence-electron chi connectivity index (χ4n) is 1.53. The van der Waals surface area contributed by atoms with E-state index in [9.17, 15) is 22.8 Å². The Balaban J connectivity index is 2.19. The van der Waals surface area contributed by atoms with Crippen LogP contribution in [0.15, 0.2) is 30.3 Å². The molecule has 0 radical (unpaired) electrons. The minimum atomic E-state index is -4.61. The first-order valence-corrected chi connectivity index (χ1v) is 6.75. The summed E-state index contributed by atoms with van der Waals surface area (Å²) in [5.74, 6) is -1.72. The van der Waals surface area contributed by atoms with Crippen LogP contribution in [0, 0.1) is 0 Å². The third-order valence-corrected chi connectivity index (χ3v) is 2.80. The molecule has 0 aliphatic carbocycles. The SMILES string of the molecule is CC(OC(=O)CCC(=O)OCCc1ccccc1)C(F)(F)F. The van der Waals surface area contributed by atoms with Gasteiger partial charge in [-0.3, -0.25) is 9.59 Å². The number of carbonyl (C=O) groups is 2. The monoisotopic (exact) mass is 318 g/mol. The number of hydrogen-bond donors (Lipinski definition) is 0. The van der Waals surface area contributed by atoms with E-state index in [1.165, 1.54) is 0 Å². The maximum atomic E-state index is 12.2. The number of hydrogen-bond acceptors (Lipinski definition) is 4. The zero-order valence-corrected chi connectivity index (χ0v) is 12.1. The smallest absolute Gasteiger partial charge is 0.425 e. The van der Waals surface area contributed by atoms with Crippen LogP contribution >= 0.6 is 0 Å². The van der Waals surface area contributed by atoms with E-state index in [1.807, 2.05) is 30.3 Å². The van der Waals surface area contributed by atoms with E-state index in [2.05, 4.69) is 4.74 Å². The summed E-state index contributed by atoms with van der Waals surface area (Å²) in [6.07, 6.45) is -7.01. The minimum absolute atomic E-state index is 0.150. The van der Waals surface area contributed by atoms with Gasteiger partial charge in [-0.15, -0.1) is 0 Å². The third-order valence-electron chi connectivity index (χ3n) is 2.80. The molecule has 0 bridgehead atoms. The average Bonchev–Trinajstić information content (AvgIpc) is 2.45. The Morgan fingerprint density at radius 1 is 1.09 bits per heavy atom. The van der Waals surface area contributed by atoms with E-state index in [0.717, 1.165) is 12.5 Å². The molecule has 0 amide bonds. The second kappa shape index (κ2) is 8.41. The van der Waals surface area contributed by atoms with Crippen molar-refractivity contribution in [2.45, 2.75) is 38.5 Å². The molecule has 4 nitrogen and oxygen atoms in total. The van der Waals surface area contributed by atoms with Crippen molar-refractivity contribution >= 4 is 11.9 Å². The Hall–Kier alpha value is -2.05. The van der Waals surface area contributed by atoms with Gasteiger partial charge in [0.1, 0.15) is 0 Å². The maximum absolute atomic E-state index is 12.2. The lowest BCUT2D eigenvalue weighted by molar-refractivity contribution is -0.216. The number of esters is 2. The zero-order chi connectivity index (χ0) is 16.6. The Kier molecular flexibility index (Phi) is 6.88. The fraction of sp³-hybridized carbons (Fsp3) is 0.467. The van der Waals surface area contributed by atoms with Crippen molar-refractivity contribution in [1.29, 1.82) is 0 Å². The lowest BCUT2D eigenvalue weighted by Gasteiger charge is -2.16. The summed E-state index contributed by atoms with van der Waals surface area (Å²) in [6.45, 7) is 0.882. The number of ether oxygens (including phenoxy) is 2. The summed E-state index contributed by atoms with van der Waals surface area (Å²) < 4.78 is 45.6. The Labute approximate surface area is 126 Å². The van der Waals surface area contributed by atoms with E-state index >= 15 is 0 Å². The van der Waals surface area contributed by atoms with Crippen LogP contribution in [0.2, 0.25) is 0 Å². The van der Waals surface area contributed by atoms with Gasteiger partial charge >= 0.3 is 18.1 Å². The summed E-state index contributed by atoms with van der Waals surface area (Å²) >= 11 is 0. The molecular formula is C15H17F3O4. The number of carbonyl (C=O) groups excluding carboxylic acids is 2. The molecule has 0 heterocycles. The lowest BCUT2D eigenvalue weighted by Crippen LogP contribution is -2.31. The molecule has 0 saturated carbocycles. The Bertz CT molecular complexity index is 485. The van der Waals surface area contributed by atoms with E-state index in [4.69, 9.17) is 4.74 Å². The summed E-state index contributed by atoms with van der Waals surface area (Å²) in [7, 11) is 0. The molecule has 7 heteroatoms. The standard InChI is InChI=1S/C15H17F3O4/c1-11(15(16,17)18)22-14(20)8-7-13(19)21-10-9-12-5-3-2-4-6-12/h2-6,11H,7-10H2,1H3. The van der Waals surface area contributed by atoms with Crippen molar-refractivity contribution in [2.24, 2.45) is 0 Å². The summed E-state index contributed by atoms with van der Waals surface area (Å²) in [4.78, 5) is 22.5. The first kappa shape index (κ1) is 18.0. The van der Waals surface area contributed by atoms with Gasteiger partial charge in [0.05, 0.1) is 19.4 Å². The highest BCUT2D eigenvalue weighted by Crippen LogP contribution is 2.22. The first-order valence-electron chi connectivity index (χ1n) is 6.75. The second-order valence-corrected chi connectivity index (χ2v) is 4.63. The number of halogens is 3. The molecule has 1 aromatic rings. The predicted molar refractivity (Wildman–Crippen MR) is 71.9 cm³/mol. The quantitative estimate of drug-likeness (QED) is 0.725. The van der Waals surface area contributed by atoms with Crippen molar-refractivity contribution in [3.8, 4) is 0 Å². The highest BCUT2D eigenvalue weighted by Gasteiger charge is 2.39. The fourth-order valence-corrected chi connectivity index (χ4v) is 1.53. The molecule has 0 saturated heterocycles. The molecule has 1 rings (SSSR count). The van der Waals surface area contributed by atoms with Crippen molar-refractivity contribution in [3.63, 3.8) is 0 Å². The lowest BCUT2D eigenvalue weighted by atomic mass is 10.2.